The molecule has 0 radical (unpaired) electrons. The number of nitrogens with one attached hydrogen (secondary N) is 1. The topological polar surface area (TPSA) is 42.7 Å². The van der Waals surface area contributed by atoms with Crippen LogP contribution in [-0.4, -0.2) is 28.1 Å². The summed E-state index contributed by atoms with van der Waals surface area (Å²) in [5.41, 5.74) is 3.28. The van der Waals surface area contributed by atoms with Gasteiger partial charge in [0.25, 0.3) is 0 Å². The van der Waals surface area contributed by atoms with E-state index in [1.807, 2.05) is 32.3 Å². The lowest BCUT2D eigenvalue weighted by molar-refractivity contribution is 0.772. The van der Waals surface area contributed by atoms with Crippen LogP contribution in [-0.2, 0) is 13.5 Å². The van der Waals surface area contributed by atoms with Crippen LogP contribution in [0.15, 0.2) is 24.4 Å². The molecule has 4 heteroatoms. The second kappa shape index (κ2) is 5.10. The standard InChI is InChI=1S/C13H18N4/c1-10-11(7-9-14-2)16-13(17(10)3)12-6-4-5-8-15-12/h4-6,8,14H,7,9H2,1-3H3. The summed E-state index contributed by atoms with van der Waals surface area (Å²) < 4.78 is 2.10. The molecule has 0 atom stereocenters. The number of imidazole rings is 1. The largest absolute Gasteiger partial charge is 0.330 e. The van der Waals surface area contributed by atoms with Gasteiger partial charge >= 0.3 is 0 Å². The maximum absolute atomic E-state index is 4.68. The van der Waals surface area contributed by atoms with Crippen LogP contribution in [0.4, 0.5) is 0 Å². The average molecular weight is 230 g/mol. The third-order valence-corrected chi connectivity index (χ3v) is 2.99. The van der Waals surface area contributed by atoms with Gasteiger partial charge in [-0.25, -0.2) is 4.98 Å². The minimum atomic E-state index is 0.925. The Morgan fingerprint density at radius 2 is 2.18 bits per heavy atom. The van der Waals surface area contributed by atoms with E-state index >= 15 is 0 Å². The molecule has 17 heavy (non-hydrogen) atoms. The van der Waals surface area contributed by atoms with Crippen molar-refractivity contribution in [1.29, 1.82) is 0 Å². The maximum atomic E-state index is 4.68. The highest BCUT2D eigenvalue weighted by Gasteiger charge is 2.12. The molecule has 0 saturated carbocycles. The van der Waals surface area contributed by atoms with Gasteiger partial charge in [-0.15, -0.1) is 0 Å². The molecule has 2 aromatic heterocycles. The van der Waals surface area contributed by atoms with Gasteiger partial charge in [-0.3, -0.25) is 4.98 Å². The van der Waals surface area contributed by atoms with E-state index in [-0.39, 0.29) is 0 Å². The van der Waals surface area contributed by atoms with Gasteiger partial charge in [-0.05, 0) is 26.1 Å². The fraction of sp³-hybridized carbons (Fsp3) is 0.385. The van der Waals surface area contributed by atoms with Crippen LogP contribution in [0.2, 0.25) is 0 Å². The fourth-order valence-electron chi connectivity index (χ4n) is 1.84. The third kappa shape index (κ3) is 2.36. The number of hydrogen-bond donors (Lipinski definition) is 1. The van der Waals surface area contributed by atoms with Crippen LogP contribution in [0.3, 0.4) is 0 Å². The van der Waals surface area contributed by atoms with Crippen LogP contribution in [0.1, 0.15) is 11.4 Å². The Bertz CT molecular complexity index is 488. The van der Waals surface area contributed by atoms with Gasteiger partial charge in [-0.2, -0.15) is 0 Å². The zero-order valence-electron chi connectivity index (χ0n) is 10.6. The van der Waals surface area contributed by atoms with Gasteiger partial charge < -0.3 is 9.88 Å². The van der Waals surface area contributed by atoms with Gasteiger partial charge in [-0.1, -0.05) is 6.07 Å². The summed E-state index contributed by atoms with van der Waals surface area (Å²) in [5, 5.41) is 3.15. The van der Waals surface area contributed by atoms with Gasteiger partial charge in [0.05, 0.1) is 5.69 Å². The summed E-state index contributed by atoms with van der Waals surface area (Å²) in [4.78, 5) is 9.02. The quantitative estimate of drug-likeness (QED) is 0.866. The first-order valence-corrected chi connectivity index (χ1v) is 5.82. The monoisotopic (exact) mass is 230 g/mol. The number of pyridine rings is 1. The molecule has 0 aliphatic rings. The molecule has 90 valence electrons. The van der Waals surface area contributed by atoms with Crippen molar-refractivity contribution in [2.45, 2.75) is 13.3 Å². The third-order valence-electron chi connectivity index (χ3n) is 2.99. The molecule has 0 aliphatic heterocycles. The van der Waals surface area contributed by atoms with Crippen molar-refractivity contribution in [2.75, 3.05) is 13.6 Å². The van der Waals surface area contributed by atoms with Gasteiger partial charge in [0.2, 0.25) is 0 Å². The van der Waals surface area contributed by atoms with Crippen LogP contribution >= 0.6 is 0 Å². The highest BCUT2D eigenvalue weighted by Crippen LogP contribution is 2.18. The Morgan fingerprint density at radius 3 is 2.82 bits per heavy atom. The molecule has 4 nitrogen and oxygen atoms in total. The smallest absolute Gasteiger partial charge is 0.158 e. The molecular weight excluding hydrogens is 212 g/mol. The lowest BCUT2D eigenvalue weighted by Gasteiger charge is -2.01. The number of nitrogens with zero attached hydrogens (tertiary/aromatic N) is 3. The van der Waals surface area contributed by atoms with E-state index in [4.69, 9.17) is 0 Å². The van der Waals surface area contributed by atoms with E-state index in [0.717, 1.165) is 30.2 Å². The summed E-state index contributed by atoms with van der Waals surface area (Å²) in [6.45, 7) is 3.05. The average Bonchev–Trinajstić information content (AvgIpc) is 2.65. The van der Waals surface area contributed by atoms with E-state index < -0.39 is 0 Å². The second-order valence-electron chi connectivity index (χ2n) is 4.10. The van der Waals surface area contributed by atoms with Crippen LogP contribution in [0.5, 0.6) is 0 Å². The van der Waals surface area contributed by atoms with Gasteiger partial charge in [0.1, 0.15) is 5.69 Å². The first-order chi connectivity index (χ1) is 8.24. The first-order valence-electron chi connectivity index (χ1n) is 5.82. The summed E-state index contributed by atoms with van der Waals surface area (Å²) in [6, 6.07) is 5.89. The zero-order chi connectivity index (χ0) is 12.3. The normalized spacial score (nSPS) is 10.8. The van der Waals surface area contributed by atoms with Crippen molar-refractivity contribution in [2.24, 2.45) is 7.05 Å². The lowest BCUT2D eigenvalue weighted by Crippen LogP contribution is -2.11. The molecule has 0 aromatic carbocycles. The zero-order valence-corrected chi connectivity index (χ0v) is 10.6. The molecule has 0 saturated heterocycles. The molecule has 2 rings (SSSR count). The van der Waals surface area contributed by atoms with E-state index in [1.54, 1.807) is 6.20 Å². The summed E-state index contributed by atoms with van der Waals surface area (Å²) >= 11 is 0. The molecule has 0 fully saturated rings. The predicted molar refractivity (Wildman–Crippen MR) is 68.8 cm³/mol. The molecule has 1 N–H and O–H groups in total. The Morgan fingerprint density at radius 1 is 1.35 bits per heavy atom. The minimum absolute atomic E-state index is 0.925. The molecule has 0 aliphatic carbocycles. The summed E-state index contributed by atoms with van der Waals surface area (Å²) in [6.07, 6.45) is 2.75. The van der Waals surface area contributed by atoms with Crippen LogP contribution in [0, 0.1) is 6.92 Å². The van der Waals surface area contributed by atoms with Gasteiger partial charge in [0, 0.05) is 31.9 Å². The molecule has 0 spiro atoms. The minimum Gasteiger partial charge on any atom is -0.330 e. The number of aromatic nitrogens is 3. The van der Waals surface area contributed by atoms with Crippen LogP contribution in [0.25, 0.3) is 11.5 Å². The van der Waals surface area contributed by atoms with Crippen molar-refractivity contribution in [3.63, 3.8) is 0 Å². The SMILES string of the molecule is CNCCc1nc(-c2ccccn2)n(C)c1C. The predicted octanol–water partition coefficient (Wildman–Crippen LogP) is 1.55. The van der Waals surface area contributed by atoms with Crippen molar-refractivity contribution >= 4 is 0 Å². The number of hydrogen-bond acceptors (Lipinski definition) is 3. The molecule has 2 heterocycles. The summed E-state index contributed by atoms with van der Waals surface area (Å²) in [7, 11) is 3.99. The number of likely N-dealkylation sites (N-methyl/N-ethyl adjacent to an activating group) is 1. The Kier molecular flexibility index (Phi) is 3.54. The molecular formula is C13H18N4. The van der Waals surface area contributed by atoms with Crippen molar-refractivity contribution in [1.82, 2.24) is 19.9 Å². The van der Waals surface area contributed by atoms with Crippen molar-refractivity contribution in [3.8, 4) is 11.5 Å². The Labute approximate surface area is 102 Å². The molecule has 0 bridgehead atoms. The van der Waals surface area contributed by atoms with E-state index in [2.05, 4.69) is 26.8 Å². The second-order valence-corrected chi connectivity index (χ2v) is 4.10. The molecule has 0 amide bonds. The highest BCUT2D eigenvalue weighted by atomic mass is 15.1. The van der Waals surface area contributed by atoms with Gasteiger partial charge in [0.15, 0.2) is 5.82 Å². The molecule has 0 unspecified atom stereocenters. The fourth-order valence-corrected chi connectivity index (χ4v) is 1.84. The molecule has 2 aromatic rings. The first kappa shape index (κ1) is 11.8. The Balaban J connectivity index is 2.36. The highest BCUT2D eigenvalue weighted by molar-refractivity contribution is 5.51. The number of rotatable bonds is 4. The lowest BCUT2D eigenvalue weighted by atomic mass is 10.2. The van der Waals surface area contributed by atoms with E-state index in [1.165, 1.54) is 5.69 Å². The van der Waals surface area contributed by atoms with E-state index in [0.29, 0.717) is 0 Å². The van der Waals surface area contributed by atoms with Crippen LogP contribution < -0.4 is 5.32 Å². The van der Waals surface area contributed by atoms with E-state index in [9.17, 15) is 0 Å². The summed E-state index contributed by atoms with van der Waals surface area (Å²) in [5.74, 6) is 0.939. The van der Waals surface area contributed by atoms with Crippen molar-refractivity contribution in [3.05, 3.63) is 35.8 Å². The maximum Gasteiger partial charge on any atom is 0.158 e. The van der Waals surface area contributed by atoms with Crippen molar-refractivity contribution < 1.29 is 0 Å². The Hall–Kier alpha value is -1.68.